The summed E-state index contributed by atoms with van der Waals surface area (Å²) in [7, 11) is 3.57. The Bertz CT molecular complexity index is 419. The molecule has 2 N–H and O–H groups in total. The van der Waals surface area contributed by atoms with Crippen LogP contribution in [0, 0.1) is 0 Å². The summed E-state index contributed by atoms with van der Waals surface area (Å²) in [6.07, 6.45) is 5.25. The molecule has 0 aliphatic carbocycles. The molecule has 5 nitrogen and oxygen atoms in total. The highest BCUT2D eigenvalue weighted by Gasteiger charge is 2.32. The highest BCUT2D eigenvalue weighted by atomic mass is 16.2. The van der Waals surface area contributed by atoms with Gasteiger partial charge in [-0.25, -0.2) is 0 Å². The number of amides is 1. The third kappa shape index (κ3) is 2.18. The quantitative estimate of drug-likeness (QED) is 0.819. The van der Waals surface area contributed by atoms with Crippen LogP contribution in [0.2, 0.25) is 0 Å². The minimum Gasteiger partial charge on any atom is -0.396 e. The van der Waals surface area contributed by atoms with Gasteiger partial charge in [-0.15, -0.1) is 0 Å². The van der Waals surface area contributed by atoms with Crippen LogP contribution in [0.15, 0.2) is 18.5 Å². The number of nitrogen functional groups attached to an aromatic ring is 1. The molecule has 1 aliphatic heterocycles. The third-order valence-corrected chi connectivity index (χ3v) is 3.12. The number of nitrogens with two attached hydrogens (primary N) is 1. The highest BCUT2D eigenvalue weighted by molar-refractivity contribution is 5.87. The average molecular weight is 234 g/mol. The normalized spacial score (nSPS) is 19.4. The lowest BCUT2D eigenvalue weighted by molar-refractivity contribution is -0.129. The molecule has 1 fully saturated rings. The molecule has 0 radical (unpaired) electrons. The molecule has 0 saturated carbocycles. The number of nitrogens with zero attached hydrogens (tertiary/aromatic N) is 3. The lowest BCUT2D eigenvalue weighted by Crippen LogP contribution is -2.43. The molecule has 2 rings (SSSR count). The van der Waals surface area contributed by atoms with E-state index in [0.29, 0.717) is 5.69 Å². The molecule has 1 amide bonds. The van der Waals surface area contributed by atoms with Crippen molar-refractivity contribution in [2.24, 2.45) is 0 Å². The zero-order valence-electron chi connectivity index (χ0n) is 10.3. The van der Waals surface area contributed by atoms with Crippen molar-refractivity contribution in [3.63, 3.8) is 0 Å². The van der Waals surface area contributed by atoms with E-state index in [0.717, 1.165) is 25.1 Å². The summed E-state index contributed by atoms with van der Waals surface area (Å²) in [5, 5.41) is 0. The first-order valence-corrected chi connectivity index (χ1v) is 5.78. The van der Waals surface area contributed by atoms with Gasteiger partial charge in [0.2, 0.25) is 5.91 Å². The van der Waals surface area contributed by atoms with Gasteiger partial charge in [0.05, 0.1) is 17.6 Å². The Morgan fingerprint density at radius 1 is 1.59 bits per heavy atom. The fourth-order valence-corrected chi connectivity index (χ4v) is 2.27. The van der Waals surface area contributed by atoms with Gasteiger partial charge < -0.3 is 15.5 Å². The molecule has 1 aromatic heterocycles. The Hall–Kier alpha value is -1.78. The number of hydrogen-bond donors (Lipinski definition) is 1. The largest absolute Gasteiger partial charge is 0.396 e. The molecule has 1 aliphatic rings. The summed E-state index contributed by atoms with van der Waals surface area (Å²) in [5.41, 5.74) is 7.45. The van der Waals surface area contributed by atoms with E-state index in [2.05, 4.69) is 9.88 Å². The maximum atomic E-state index is 12.1. The van der Waals surface area contributed by atoms with Crippen molar-refractivity contribution in [3.05, 3.63) is 18.5 Å². The fourth-order valence-electron chi connectivity index (χ4n) is 2.27. The lowest BCUT2D eigenvalue weighted by Gasteiger charge is -2.28. The van der Waals surface area contributed by atoms with Gasteiger partial charge >= 0.3 is 0 Å². The average Bonchev–Trinajstić information content (AvgIpc) is 2.77. The minimum absolute atomic E-state index is 0.0882. The molecule has 0 spiro atoms. The molecular formula is C12H18N4O. The van der Waals surface area contributed by atoms with Gasteiger partial charge in [-0.05, 0) is 18.9 Å². The second kappa shape index (κ2) is 4.61. The number of carbonyl (C=O) groups excluding carboxylic acids is 1. The van der Waals surface area contributed by atoms with Crippen molar-refractivity contribution in [3.8, 4) is 0 Å². The van der Waals surface area contributed by atoms with Crippen LogP contribution in [-0.2, 0) is 4.79 Å². The highest BCUT2D eigenvalue weighted by Crippen LogP contribution is 2.30. The number of rotatable bonds is 2. The minimum atomic E-state index is -0.0882. The molecule has 0 bridgehead atoms. The Morgan fingerprint density at radius 2 is 2.35 bits per heavy atom. The summed E-state index contributed by atoms with van der Waals surface area (Å²) in [4.78, 5) is 19.8. The molecule has 2 heterocycles. The van der Waals surface area contributed by atoms with Gasteiger partial charge in [0.15, 0.2) is 0 Å². The predicted molar refractivity (Wildman–Crippen MR) is 67.7 cm³/mol. The molecule has 0 aromatic carbocycles. The first-order chi connectivity index (χ1) is 8.11. The van der Waals surface area contributed by atoms with E-state index in [1.54, 1.807) is 31.4 Å². The smallest absolute Gasteiger partial charge is 0.244 e. The zero-order chi connectivity index (χ0) is 12.4. The summed E-state index contributed by atoms with van der Waals surface area (Å²) in [6, 6.07) is 1.78. The van der Waals surface area contributed by atoms with Crippen molar-refractivity contribution in [2.75, 3.05) is 31.3 Å². The van der Waals surface area contributed by atoms with Gasteiger partial charge in [-0.2, -0.15) is 0 Å². The second-order valence-electron chi connectivity index (χ2n) is 4.52. The molecular weight excluding hydrogens is 216 g/mol. The first kappa shape index (κ1) is 11.7. The van der Waals surface area contributed by atoms with Crippen molar-refractivity contribution in [1.82, 2.24) is 9.88 Å². The summed E-state index contributed by atoms with van der Waals surface area (Å²) < 4.78 is 0. The summed E-state index contributed by atoms with van der Waals surface area (Å²) >= 11 is 0. The van der Waals surface area contributed by atoms with E-state index in [4.69, 9.17) is 5.73 Å². The molecule has 92 valence electrons. The van der Waals surface area contributed by atoms with Gasteiger partial charge in [-0.1, -0.05) is 0 Å². The fraction of sp³-hybridized carbons (Fsp3) is 0.500. The van der Waals surface area contributed by atoms with Crippen molar-refractivity contribution < 1.29 is 4.79 Å². The maximum Gasteiger partial charge on any atom is 0.244 e. The summed E-state index contributed by atoms with van der Waals surface area (Å²) in [6.45, 7) is 0.873. The first-order valence-electron chi connectivity index (χ1n) is 5.78. The van der Waals surface area contributed by atoms with Gasteiger partial charge in [-0.3, -0.25) is 9.78 Å². The monoisotopic (exact) mass is 234 g/mol. The number of likely N-dealkylation sites (N-methyl/N-ethyl adjacent to an activating group) is 1. The molecule has 5 heteroatoms. The third-order valence-electron chi connectivity index (χ3n) is 3.12. The van der Waals surface area contributed by atoms with E-state index in [-0.39, 0.29) is 11.9 Å². The van der Waals surface area contributed by atoms with Crippen LogP contribution in [-0.4, -0.2) is 42.5 Å². The SMILES string of the molecule is CN(C)C(=O)[C@@H]1CCCN1c1ccncc1N. The number of anilines is 2. The number of pyridine rings is 1. The number of aromatic nitrogens is 1. The van der Waals surface area contributed by atoms with Crippen LogP contribution < -0.4 is 10.6 Å². The number of hydrogen-bond acceptors (Lipinski definition) is 4. The van der Waals surface area contributed by atoms with Crippen LogP contribution >= 0.6 is 0 Å². The maximum absolute atomic E-state index is 12.1. The van der Waals surface area contributed by atoms with E-state index in [1.165, 1.54) is 0 Å². The molecule has 0 unspecified atom stereocenters. The van der Waals surface area contributed by atoms with Crippen LogP contribution in [0.4, 0.5) is 11.4 Å². The Morgan fingerprint density at radius 3 is 3.00 bits per heavy atom. The molecule has 1 aromatic rings. The number of carbonyl (C=O) groups is 1. The van der Waals surface area contributed by atoms with Crippen molar-refractivity contribution >= 4 is 17.3 Å². The van der Waals surface area contributed by atoms with Crippen LogP contribution in [0.1, 0.15) is 12.8 Å². The second-order valence-corrected chi connectivity index (χ2v) is 4.52. The summed E-state index contributed by atoms with van der Waals surface area (Å²) in [5.74, 6) is 0.138. The van der Waals surface area contributed by atoms with E-state index in [9.17, 15) is 4.79 Å². The zero-order valence-corrected chi connectivity index (χ0v) is 10.3. The molecule has 1 saturated heterocycles. The van der Waals surface area contributed by atoms with Crippen LogP contribution in [0.25, 0.3) is 0 Å². The Labute approximate surface area is 101 Å². The van der Waals surface area contributed by atoms with Gasteiger partial charge in [0.25, 0.3) is 0 Å². The Balaban J connectivity index is 2.26. The van der Waals surface area contributed by atoms with Gasteiger partial charge in [0.1, 0.15) is 6.04 Å². The molecule has 17 heavy (non-hydrogen) atoms. The standard InChI is InChI=1S/C12H18N4O/c1-15(2)12(17)11-4-3-7-16(11)10-5-6-14-8-9(10)13/h5-6,8,11H,3-4,7,13H2,1-2H3/t11-/m0/s1. The topological polar surface area (TPSA) is 62.5 Å². The van der Waals surface area contributed by atoms with E-state index >= 15 is 0 Å². The van der Waals surface area contributed by atoms with Gasteiger partial charge in [0, 0.05) is 26.8 Å². The Kier molecular flexibility index (Phi) is 3.17. The predicted octanol–water partition coefficient (Wildman–Crippen LogP) is 0.721. The lowest BCUT2D eigenvalue weighted by atomic mass is 10.2. The molecule has 1 atom stereocenters. The van der Waals surface area contributed by atoms with Crippen molar-refractivity contribution in [1.29, 1.82) is 0 Å². The van der Waals surface area contributed by atoms with E-state index in [1.807, 2.05) is 6.07 Å². The van der Waals surface area contributed by atoms with Crippen LogP contribution in [0.5, 0.6) is 0 Å². The van der Waals surface area contributed by atoms with E-state index < -0.39 is 0 Å². The van der Waals surface area contributed by atoms with Crippen LogP contribution in [0.3, 0.4) is 0 Å². The van der Waals surface area contributed by atoms with Crippen molar-refractivity contribution in [2.45, 2.75) is 18.9 Å².